The molecular formula is C11H13BrN2O. The van der Waals surface area contributed by atoms with Crippen LogP contribution in [0.1, 0.15) is 12.0 Å². The number of nitrogens with zero attached hydrogens (tertiary/aromatic N) is 1. The van der Waals surface area contributed by atoms with Crippen LogP contribution in [0.25, 0.3) is 0 Å². The number of halogens is 1. The van der Waals surface area contributed by atoms with E-state index >= 15 is 0 Å². The molecule has 1 aromatic carbocycles. The van der Waals surface area contributed by atoms with Crippen molar-refractivity contribution in [1.82, 2.24) is 0 Å². The normalized spacial score (nSPS) is 19.8. The van der Waals surface area contributed by atoms with Crippen LogP contribution < -0.4 is 5.73 Å². The maximum atomic E-state index is 5.44. The van der Waals surface area contributed by atoms with Crippen molar-refractivity contribution in [1.29, 1.82) is 0 Å². The zero-order chi connectivity index (χ0) is 10.7. The largest absolute Gasteiger partial charge is 0.463 e. The average molecular weight is 269 g/mol. The summed E-state index contributed by atoms with van der Waals surface area (Å²) >= 11 is 3.45. The molecule has 0 radical (unpaired) electrons. The summed E-state index contributed by atoms with van der Waals surface area (Å²) in [5.41, 5.74) is 6.75. The molecule has 0 fully saturated rings. The first-order chi connectivity index (χ1) is 7.24. The summed E-state index contributed by atoms with van der Waals surface area (Å²) in [5.74, 6) is 0. The van der Waals surface area contributed by atoms with Gasteiger partial charge in [0, 0.05) is 4.47 Å². The van der Waals surface area contributed by atoms with E-state index in [4.69, 9.17) is 10.5 Å². The van der Waals surface area contributed by atoms with Crippen molar-refractivity contribution in [3.63, 3.8) is 0 Å². The first-order valence-corrected chi connectivity index (χ1v) is 5.74. The topological polar surface area (TPSA) is 47.6 Å². The van der Waals surface area contributed by atoms with Gasteiger partial charge < -0.3 is 10.5 Å². The van der Waals surface area contributed by atoms with Gasteiger partial charge in [-0.3, -0.25) is 0 Å². The quantitative estimate of drug-likeness (QED) is 0.913. The molecule has 80 valence electrons. The number of aliphatic imine (C=N–C) groups is 1. The Morgan fingerprint density at radius 3 is 3.07 bits per heavy atom. The number of hydrogen-bond acceptors (Lipinski definition) is 3. The summed E-state index contributed by atoms with van der Waals surface area (Å²) in [7, 11) is 0. The van der Waals surface area contributed by atoms with Gasteiger partial charge in [-0.1, -0.05) is 28.1 Å². The zero-order valence-electron chi connectivity index (χ0n) is 8.32. The summed E-state index contributed by atoms with van der Waals surface area (Å²) in [4.78, 5) is 4.19. The number of nitrogens with two attached hydrogens (primary N) is 1. The Kier molecular flexibility index (Phi) is 3.26. The lowest BCUT2D eigenvalue weighted by molar-refractivity contribution is 0.308. The Morgan fingerprint density at radius 2 is 2.40 bits per heavy atom. The minimum atomic E-state index is 0.226. The monoisotopic (exact) mass is 268 g/mol. The van der Waals surface area contributed by atoms with Gasteiger partial charge in [0.25, 0.3) is 6.02 Å². The van der Waals surface area contributed by atoms with E-state index in [0.717, 1.165) is 17.3 Å². The van der Waals surface area contributed by atoms with Crippen molar-refractivity contribution >= 4 is 22.0 Å². The molecule has 3 nitrogen and oxygen atoms in total. The molecule has 0 aliphatic carbocycles. The van der Waals surface area contributed by atoms with Gasteiger partial charge in [0.1, 0.15) is 6.61 Å². The fourth-order valence-corrected chi connectivity index (χ4v) is 2.06. The van der Waals surface area contributed by atoms with Gasteiger partial charge >= 0.3 is 0 Å². The maximum Gasteiger partial charge on any atom is 0.282 e. The highest BCUT2D eigenvalue weighted by Crippen LogP contribution is 2.15. The Morgan fingerprint density at radius 1 is 1.53 bits per heavy atom. The Hall–Kier alpha value is -1.03. The van der Waals surface area contributed by atoms with Crippen molar-refractivity contribution < 1.29 is 4.74 Å². The number of hydrogen-bond donors (Lipinski definition) is 1. The third kappa shape index (κ3) is 2.96. The van der Waals surface area contributed by atoms with Gasteiger partial charge in [-0.05, 0) is 30.5 Å². The van der Waals surface area contributed by atoms with Crippen LogP contribution in [-0.4, -0.2) is 18.7 Å². The molecule has 0 bridgehead atoms. The highest BCUT2D eigenvalue weighted by Gasteiger charge is 2.15. The highest BCUT2D eigenvalue weighted by molar-refractivity contribution is 9.10. The fourth-order valence-electron chi connectivity index (χ4n) is 1.61. The van der Waals surface area contributed by atoms with Gasteiger partial charge in [0.05, 0.1) is 6.04 Å². The number of ether oxygens (including phenoxy) is 1. The van der Waals surface area contributed by atoms with E-state index in [2.05, 4.69) is 33.1 Å². The minimum absolute atomic E-state index is 0.226. The number of benzene rings is 1. The molecule has 4 heteroatoms. The lowest BCUT2D eigenvalue weighted by Crippen LogP contribution is -2.10. The zero-order valence-corrected chi connectivity index (χ0v) is 9.90. The molecule has 1 aromatic rings. The minimum Gasteiger partial charge on any atom is -0.463 e. The van der Waals surface area contributed by atoms with Gasteiger partial charge in [0.2, 0.25) is 0 Å². The predicted octanol–water partition coefficient (Wildman–Crippen LogP) is 2.10. The third-order valence-electron chi connectivity index (χ3n) is 2.39. The molecule has 0 saturated heterocycles. The van der Waals surface area contributed by atoms with Crippen LogP contribution in [0.5, 0.6) is 0 Å². The smallest absolute Gasteiger partial charge is 0.282 e. The van der Waals surface area contributed by atoms with Crippen LogP contribution in [0.4, 0.5) is 0 Å². The molecule has 1 heterocycles. The van der Waals surface area contributed by atoms with Crippen molar-refractivity contribution in [3.8, 4) is 0 Å². The van der Waals surface area contributed by atoms with Crippen molar-refractivity contribution in [2.75, 3.05) is 6.61 Å². The van der Waals surface area contributed by atoms with Crippen LogP contribution >= 0.6 is 15.9 Å². The van der Waals surface area contributed by atoms with Crippen LogP contribution in [-0.2, 0) is 11.2 Å². The van der Waals surface area contributed by atoms with Crippen LogP contribution in [0.2, 0.25) is 0 Å². The summed E-state index contributed by atoms with van der Waals surface area (Å²) in [6.07, 6.45) is 1.99. The van der Waals surface area contributed by atoms with E-state index in [1.165, 1.54) is 5.56 Å². The molecule has 0 amide bonds. The first kappa shape index (κ1) is 10.5. The summed E-state index contributed by atoms with van der Waals surface area (Å²) in [6, 6.07) is 8.87. The van der Waals surface area contributed by atoms with E-state index in [9.17, 15) is 0 Å². The van der Waals surface area contributed by atoms with E-state index in [-0.39, 0.29) is 6.04 Å². The molecule has 2 rings (SSSR count). The predicted molar refractivity (Wildman–Crippen MR) is 63.8 cm³/mol. The Labute approximate surface area is 97.5 Å². The average Bonchev–Trinajstić information content (AvgIpc) is 2.62. The number of amidine groups is 1. The SMILES string of the molecule is NC1=N[C@@H](CCc2cccc(Br)c2)CO1. The number of rotatable bonds is 3. The number of aryl methyl sites for hydroxylation is 1. The van der Waals surface area contributed by atoms with Gasteiger partial charge in [-0.15, -0.1) is 0 Å². The summed E-state index contributed by atoms with van der Waals surface area (Å²) < 4.78 is 6.21. The fraction of sp³-hybridized carbons (Fsp3) is 0.364. The molecule has 1 atom stereocenters. The van der Waals surface area contributed by atoms with Crippen molar-refractivity contribution in [2.24, 2.45) is 10.7 Å². The lowest BCUT2D eigenvalue weighted by atomic mass is 10.1. The van der Waals surface area contributed by atoms with Crippen LogP contribution in [0.15, 0.2) is 33.7 Å². The standard InChI is InChI=1S/C11H13BrN2O/c12-9-3-1-2-8(6-9)4-5-10-7-15-11(13)14-10/h1-3,6,10H,4-5,7H2,(H2,13,14)/t10-/m0/s1. The lowest BCUT2D eigenvalue weighted by Gasteiger charge is -2.05. The van der Waals surface area contributed by atoms with Gasteiger partial charge in [-0.2, -0.15) is 0 Å². The van der Waals surface area contributed by atoms with E-state index in [1.54, 1.807) is 0 Å². The Bertz CT molecular complexity index is 379. The van der Waals surface area contributed by atoms with Crippen molar-refractivity contribution in [3.05, 3.63) is 34.3 Å². The second-order valence-corrected chi connectivity index (χ2v) is 4.52. The molecule has 0 aromatic heterocycles. The van der Waals surface area contributed by atoms with E-state index in [1.807, 2.05) is 12.1 Å². The second-order valence-electron chi connectivity index (χ2n) is 3.60. The highest BCUT2D eigenvalue weighted by atomic mass is 79.9. The summed E-state index contributed by atoms with van der Waals surface area (Å²) in [6.45, 7) is 0.625. The molecule has 0 spiro atoms. The molecule has 1 aliphatic rings. The summed E-state index contributed by atoms with van der Waals surface area (Å²) in [5, 5.41) is 0. The molecule has 1 aliphatic heterocycles. The molecular weight excluding hydrogens is 256 g/mol. The second kappa shape index (κ2) is 4.66. The molecule has 0 unspecified atom stereocenters. The van der Waals surface area contributed by atoms with Crippen LogP contribution in [0, 0.1) is 0 Å². The van der Waals surface area contributed by atoms with Crippen molar-refractivity contribution in [2.45, 2.75) is 18.9 Å². The molecule has 0 saturated carbocycles. The molecule has 2 N–H and O–H groups in total. The van der Waals surface area contributed by atoms with E-state index in [0.29, 0.717) is 12.6 Å². The van der Waals surface area contributed by atoms with Crippen LogP contribution in [0.3, 0.4) is 0 Å². The molecule has 15 heavy (non-hydrogen) atoms. The van der Waals surface area contributed by atoms with E-state index < -0.39 is 0 Å². The van der Waals surface area contributed by atoms with Gasteiger partial charge in [-0.25, -0.2) is 4.99 Å². The van der Waals surface area contributed by atoms with Gasteiger partial charge in [0.15, 0.2) is 0 Å². The third-order valence-corrected chi connectivity index (χ3v) is 2.88. The first-order valence-electron chi connectivity index (χ1n) is 4.94. The maximum absolute atomic E-state index is 5.44. The Balaban J connectivity index is 1.88.